The average molecular weight is 304 g/mol. The van der Waals surface area contributed by atoms with Crippen molar-refractivity contribution in [3.05, 3.63) is 0 Å². The van der Waals surface area contributed by atoms with E-state index in [2.05, 4.69) is 13.8 Å². The maximum Gasteiger partial charge on any atom is 0.139 e. The number of hydrogen-bond acceptors (Lipinski definition) is 2. The molecule has 0 aromatic rings. The van der Waals surface area contributed by atoms with E-state index in [1.165, 1.54) is 19.3 Å². The Balaban J connectivity index is 0.00000144. The summed E-state index contributed by atoms with van der Waals surface area (Å²) >= 11 is 0. The normalized spacial score (nSPS) is 50.6. The summed E-state index contributed by atoms with van der Waals surface area (Å²) < 4.78 is 0. The molecule has 0 N–H and O–H groups in total. The fraction of sp³-hybridized carbons (Fsp3) is 0.900. The Morgan fingerprint density at radius 2 is 1.50 bits per heavy atom. The molecule has 0 spiro atoms. The van der Waals surface area contributed by atoms with Crippen LogP contribution in [-0.2, 0) is 9.59 Å². The zero-order valence-corrected chi connectivity index (χ0v) is 13.5. The minimum Gasteiger partial charge on any atom is -0.300 e. The summed E-state index contributed by atoms with van der Waals surface area (Å²) in [6.07, 6.45) is 9.53. The van der Waals surface area contributed by atoms with Crippen molar-refractivity contribution in [2.45, 2.75) is 79.1 Å². The van der Waals surface area contributed by atoms with Crippen LogP contribution in [0.25, 0.3) is 0 Å². The molecule has 4 fully saturated rings. The molecule has 0 bridgehead atoms. The minimum atomic E-state index is -0.000601. The van der Waals surface area contributed by atoms with E-state index in [-0.39, 0.29) is 18.3 Å². The molecule has 6 atom stereocenters. The molecule has 124 valence electrons. The van der Waals surface area contributed by atoms with Crippen LogP contribution in [0.15, 0.2) is 0 Å². The fourth-order valence-electron chi connectivity index (χ4n) is 6.84. The van der Waals surface area contributed by atoms with Crippen molar-refractivity contribution < 1.29 is 9.59 Å². The summed E-state index contributed by atoms with van der Waals surface area (Å²) in [7, 11) is 0. The Morgan fingerprint density at radius 1 is 0.864 bits per heavy atom. The number of Topliss-reactive ketones (excluding diaryl/α,β-unsaturated/α-hetero) is 2. The molecule has 0 aliphatic heterocycles. The van der Waals surface area contributed by atoms with Gasteiger partial charge >= 0.3 is 0 Å². The van der Waals surface area contributed by atoms with Crippen LogP contribution in [0.4, 0.5) is 0 Å². The van der Waals surface area contributed by atoms with Gasteiger partial charge in [0.2, 0.25) is 0 Å². The molecule has 0 radical (unpaired) electrons. The van der Waals surface area contributed by atoms with E-state index in [9.17, 15) is 9.59 Å². The maximum atomic E-state index is 12.3. The molecule has 4 rings (SSSR count). The molecule has 2 heteroatoms. The van der Waals surface area contributed by atoms with Gasteiger partial charge in [-0.15, -0.1) is 0 Å². The first kappa shape index (κ1) is 16.2. The zero-order valence-electron chi connectivity index (χ0n) is 13.5. The third kappa shape index (κ3) is 2.05. The van der Waals surface area contributed by atoms with Gasteiger partial charge in [0.25, 0.3) is 0 Å². The van der Waals surface area contributed by atoms with Gasteiger partial charge in [-0.25, -0.2) is 0 Å². The third-order valence-electron chi connectivity index (χ3n) is 8.00. The second-order valence-electron chi connectivity index (χ2n) is 8.91. The van der Waals surface area contributed by atoms with Gasteiger partial charge in [0.15, 0.2) is 0 Å². The molecule has 4 aliphatic carbocycles. The van der Waals surface area contributed by atoms with Crippen molar-refractivity contribution in [2.75, 3.05) is 0 Å². The lowest BCUT2D eigenvalue weighted by atomic mass is 9.47. The second-order valence-corrected chi connectivity index (χ2v) is 8.91. The van der Waals surface area contributed by atoms with Crippen LogP contribution in [0.2, 0.25) is 0 Å². The number of rotatable bonds is 0. The van der Waals surface area contributed by atoms with E-state index in [0.717, 1.165) is 56.3 Å². The number of hydrogen-bond donors (Lipinski definition) is 0. The first-order valence-corrected chi connectivity index (χ1v) is 8.99. The van der Waals surface area contributed by atoms with E-state index >= 15 is 0 Å². The maximum absolute atomic E-state index is 12.3. The Hall–Kier alpha value is -0.660. The third-order valence-corrected chi connectivity index (χ3v) is 8.00. The summed E-state index contributed by atoms with van der Waals surface area (Å²) in [4.78, 5) is 24.3. The van der Waals surface area contributed by atoms with Crippen molar-refractivity contribution in [2.24, 2.45) is 34.5 Å². The van der Waals surface area contributed by atoms with E-state index in [1.807, 2.05) is 0 Å². The van der Waals surface area contributed by atoms with Crippen molar-refractivity contribution in [1.29, 1.82) is 0 Å². The van der Waals surface area contributed by atoms with Crippen LogP contribution < -0.4 is 0 Å². The van der Waals surface area contributed by atoms with Crippen LogP contribution in [0.3, 0.4) is 0 Å². The number of carbonyl (C=O) groups excluding carboxylic acids is 2. The van der Waals surface area contributed by atoms with Crippen LogP contribution >= 0.6 is 0 Å². The fourth-order valence-corrected chi connectivity index (χ4v) is 6.84. The van der Waals surface area contributed by atoms with E-state index in [0.29, 0.717) is 17.5 Å². The largest absolute Gasteiger partial charge is 0.300 e. The smallest absolute Gasteiger partial charge is 0.139 e. The molecular formula is C20H32O2. The predicted molar refractivity (Wildman–Crippen MR) is 88.5 cm³/mol. The zero-order chi connectivity index (χ0) is 14.8. The van der Waals surface area contributed by atoms with E-state index in [1.54, 1.807) is 0 Å². The number of fused-ring (bicyclic) bond motifs is 5. The Morgan fingerprint density at radius 3 is 2.27 bits per heavy atom. The highest BCUT2D eigenvalue weighted by molar-refractivity contribution is 5.87. The SMILES string of the molecule is C.CC12CCC3C(CCC4(C)C(=O)CCC34)C1CCC(=O)C2. The number of ketones is 2. The van der Waals surface area contributed by atoms with Crippen molar-refractivity contribution in [1.82, 2.24) is 0 Å². The van der Waals surface area contributed by atoms with Crippen LogP contribution in [0.1, 0.15) is 79.1 Å². The van der Waals surface area contributed by atoms with Gasteiger partial charge in [-0.2, -0.15) is 0 Å². The molecule has 6 unspecified atom stereocenters. The van der Waals surface area contributed by atoms with Crippen LogP contribution in [0.5, 0.6) is 0 Å². The highest BCUT2D eigenvalue weighted by Crippen LogP contribution is 2.63. The van der Waals surface area contributed by atoms with Crippen LogP contribution in [-0.4, -0.2) is 11.6 Å². The van der Waals surface area contributed by atoms with Crippen molar-refractivity contribution in [3.8, 4) is 0 Å². The molecule has 2 nitrogen and oxygen atoms in total. The monoisotopic (exact) mass is 304 g/mol. The van der Waals surface area contributed by atoms with Crippen molar-refractivity contribution >= 4 is 11.6 Å². The summed E-state index contributed by atoms with van der Waals surface area (Å²) in [5.41, 5.74) is 0.270. The quantitative estimate of drug-likeness (QED) is 0.644. The first-order chi connectivity index (χ1) is 9.94. The lowest BCUT2D eigenvalue weighted by Crippen LogP contribution is -2.52. The van der Waals surface area contributed by atoms with Crippen LogP contribution in [0, 0.1) is 34.5 Å². The Labute approximate surface area is 135 Å². The Bertz CT molecular complexity index is 496. The lowest BCUT2D eigenvalue weighted by Gasteiger charge is -2.57. The van der Waals surface area contributed by atoms with Gasteiger partial charge in [0.1, 0.15) is 11.6 Å². The van der Waals surface area contributed by atoms with E-state index in [4.69, 9.17) is 0 Å². The van der Waals surface area contributed by atoms with Gasteiger partial charge in [0, 0.05) is 24.7 Å². The van der Waals surface area contributed by atoms with Gasteiger partial charge < -0.3 is 0 Å². The molecule has 0 saturated heterocycles. The highest BCUT2D eigenvalue weighted by atomic mass is 16.1. The topological polar surface area (TPSA) is 34.1 Å². The van der Waals surface area contributed by atoms with Gasteiger partial charge in [-0.05, 0) is 67.6 Å². The standard InChI is InChI=1S/C19H28O2.CH4/c1-18-9-7-14-13(15(18)4-3-12(20)11-18)8-10-19(2)16(14)5-6-17(19)21;/h13-16H,3-11H2,1-2H3;1H4. The van der Waals surface area contributed by atoms with Gasteiger partial charge in [-0.3, -0.25) is 9.59 Å². The number of carbonyl (C=O) groups is 2. The minimum absolute atomic E-state index is 0. The first-order valence-electron chi connectivity index (χ1n) is 8.99. The predicted octanol–water partition coefficient (Wildman–Crippen LogP) is 4.80. The highest BCUT2D eigenvalue weighted by Gasteiger charge is 2.59. The van der Waals surface area contributed by atoms with Gasteiger partial charge in [0.05, 0.1) is 0 Å². The summed E-state index contributed by atoms with van der Waals surface area (Å²) in [6.45, 7) is 4.62. The summed E-state index contributed by atoms with van der Waals surface area (Å²) in [5.74, 6) is 3.98. The molecular weight excluding hydrogens is 272 g/mol. The second kappa shape index (κ2) is 5.18. The average Bonchev–Trinajstić information content (AvgIpc) is 2.73. The molecule has 0 heterocycles. The van der Waals surface area contributed by atoms with Crippen molar-refractivity contribution in [3.63, 3.8) is 0 Å². The summed E-state index contributed by atoms with van der Waals surface area (Å²) in [6, 6.07) is 0. The molecule has 0 amide bonds. The molecule has 0 aromatic heterocycles. The molecule has 22 heavy (non-hydrogen) atoms. The molecule has 4 saturated carbocycles. The van der Waals surface area contributed by atoms with E-state index < -0.39 is 0 Å². The summed E-state index contributed by atoms with van der Waals surface area (Å²) in [5, 5.41) is 0. The Kier molecular flexibility index (Phi) is 3.81. The molecule has 0 aromatic carbocycles. The van der Waals surface area contributed by atoms with Gasteiger partial charge in [-0.1, -0.05) is 21.3 Å². The lowest BCUT2D eigenvalue weighted by molar-refractivity contribution is -0.140. The molecule has 4 aliphatic rings.